The molecule has 1 aliphatic carbocycles. The summed E-state index contributed by atoms with van der Waals surface area (Å²) >= 11 is 6.47. The van der Waals surface area contributed by atoms with Gasteiger partial charge in [-0.2, -0.15) is 49.1 Å². The number of halogens is 4. The molecule has 0 amide bonds. The van der Waals surface area contributed by atoms with Crippen LogP contribution in [0.25, 0.3) is 0 Å². The molecular formula is C22H23ClF3OY-. The van der Waals surface area contributed by atoms with Crippen LogP contribution in [0.1, 0.15) is 36.8 Å². The number of ether oxygens (including phenoxy) is 1. The van der Waals surface area contributed by atoms with E-state index in [2.05, 4.69) is 12.1 Å². The molecule has 6 heteroatoms. The van der Waals surface area contributed by atoms with Gasteiger partial charge in [-0.25, -0.2) is 0 Å². The molecule has 1 unspecified atom stereocenters. The van der Waals surface area contributed by atoms with Crippen LogP contribution in [0.3, 0.4) is 0 Å². The molecule has 3 rings (SSSR count). The molecule has 0 N–H and O–H groups in total. The molecular weight excluding hydrogens is 462 g/mol. The van der Waals surface area contributed by atoms with Crippen molar-refractivity contribution in [3.63, 3.8) is 0 Å². The smallest absolute Gasteiger partial charge is 0.416 e. The molecule has 0 spiro atoms. The summed E-state index contributed by atoms with van der Waals surface area (Å²) in [5, 5.41) is 0.0193. The maximum atomic E-state index is 12.8. The van der Waals surface area contributed by atoms with Gasteiger partial charge in [-0.05, 0) is 37.0 Å². The summed E-state index contributed by atoms with van der Waals surface area (Å²) in [6.45, 7) is 0.360. The fraction of sp³-hybridized carbons (Fsp3) is 0.455. The van der Waals surface area contributed by atoms with Gasteiger partial charge in [0, 0.05) is 44.0 Å². The van der Waals surface area contributed by atoms with E-state index in [1.807, 2.05) is 18.2 Å². The number of alkyl halides is 4. The standard InChI is InChI=1S/C22H23ClF3O.Y/c23-21-13-12-17(9-4-8-16-6-2-1-3-7-16)20(21)15-27-19-11-5-10-18(14-19)22(24,25)26;/h1-2,5-7,10-11,14,17,20-21H,4,8-9,12-13,15H2;/q-1;/t17-,20+,21?;/m0./s1. The van der Waals surface area contributed by atoms with E-state index >= 15 is 0 Å². The summed E-state index contributed by atoms with van der Waals surface area (Å²) in [4.78, 5) is 0. The Bertz CT molecular complexity index is 723. The van der Waals surface area contributed by atoms with E-state index in [9.17, 15) is 13.2 Å². The number of hydrogen-bond donors (Lipinski definition) is 0. The van der Waals surface area contributed by atoms with E-state index in [1.54, 1.807) is 6.07 Å². The van der Waals surface area contributed by atoms with Gasteiger partial charge in [0.25, 0.3) is 0 Å². The van der Waals surface area contributed by atoms with Gasteiger partial charge >= 0.3 is 6.18 Å². The summed E-state index contributed by atoms with van der Waals surface area (Å²) in [6.07, 6.45) is 0.732. The predicted octanol–water partition coefficient (Wildman–Crippen LogP) is 6.54. The van der Waals surface area contributed by atoms with Crippen molar-refractivity contribution in [1.29, 1.82) is 0 Å². The molecule has 2 aromatic rings. The van der Waals surface area contributed by atoms with Crippen molar-refractivity contribution in [2.75, 3.05) is 6.61 Å². The summed E-state index contributed by atoms with van der Waals surface area (Å²) in [5.41, 5.74) is 0.583. The van der Waals surface area contributed by atoms with E-state index in [1.165, 1.54) is 11.6 Å². The van der Waals surface area contributed by atoms with Crippen molar-refractivity contribution in [3.05, 3.63) is 65.7 Å². The third-order valence-electron chi connectivity index (χ3n) is 5.30. The van der Waals surface area contributed by atoms with Gasteiger partial charge in [0.2, 0.25) is 0 Å². The molecule has 0 aromatic heterocycles. The van der Waals surface area contributed by atoms with Crippen molar-refractivity contribution in [2.24, 2.45) is 11.8 Å². The van der Waals surface area contributed by atoms with Crippen LogP contribution in [0.4, 0.5) is 13.2 Å². The second kappa shape index (κ2) is 11.0. The topological polar surface area (TPSA) is 9.23 Å². The van der Waals surface area contributed by atoms with E-state index in [4.69, 9.17) is 16.3 Å². The Morgan fingerprint density at radius 2 is 1.96 bits per heavy atom. The Hall–Kier alpha value is -0.576. The quantitative estimate of drug-likeness (QED) is 0.320. The average Bonchev–Trinajstić information content (AvgIpc) is 3.00. The van der Waals surface area contributed by atoms with Gasteiger partial charge in [0.05, 0.1) is 12.2 Å². The van der Waals surface area contributed by atoms with Crippen molar-refractivity contribution in [1.82, 2.24) is 0 Å². The molecule has 0 aliphatic heterocycles. The minimum Gasteiger partial charge on any atom is -0.493 e. The summed E-state index contributed by atoms with van der Waals surface area (Å²) in [7, 11) is 0. The first-order valence-corrected chi connectivity index (χ1v) is 9.76. The minimum atomic E-state index is -4.36. The van der Waals surface area contributed by atoms with Crippen molar-refractivity contribution in [2.45, 2.75) is 43.7 Å². The molecule has 1 radical (unpaired) electrons. The molecule has 3 atom stereocenters. The second-order valence-electron chi connectivity index (χ2n) is 7.16. The van der Waals surface area contributed by atoms with Crippen LogP contribution in [0.5, 0.6) is 5.75 Å². The van der Waals surface area contributed by atoms with E-state index in [0.717, 1.165) is 44.2 Å². The number of benzene rings is 2. The first kappa shape index (κ1) is 23.7. The van der Waals surface area contributed by atoms with Crippen LogP contribution in [-0.4, -0.2) is 12.0 Å². The molecule has 1 nitrogen and oxygen atoms in total. The molecule has 0 saturated heterocycles. The van der Waals surface area contributed by atoms with Crippen LogP contribution < -0.4 is 4.74 Å². The van der Waals surface area contributed by atoms with Gasteiger partial charge in [0.1, 0.15) is 5.75 Å². The summed E-state index contributed by atoms with van der Waals surface area (Å²) in [6, 6.07) is 16.1. The molecule has 28 heavy (non-hydrogen) atoms. The first-order chi connectivity index (χ1) is 12.9. The maximum absolute atomic E-state index is 12.8. The summed E-state index contributed by atoms with van der Waals surface area (Å²) in [5.74, 6) is 0.869. The van der Waals surface area contributed by atoms with Crippen LogP contribution in [-0.2, 0) is 45.3 Å². The largest absolute Gasteiger partial charge is 0.493 e. The molecule has 149 valence electrons. The van der Waals surface area contributed by atoms with Crippen molar-refractivity contribution < 1.29 is 50.6 Å². The van der Waals surface area contributed by atoms with Gasteiger partial charge in [-0.15, -0.1) is 11.6 Å². The van der Waals surface area contributed by atoms with E-state index in [0.29, 0.717) is 12.5 Å². The minimum absolute atomic E-state index is 0. The van der Waals surface area contributed by atoms with Crippen molar-refractivity contribution in [3.8, 4) is 5.75 Å². The fourth-order valence-corrected chi connectivity index (χ4v) is 4.21. The Morgan fingerprint density at radius 3 is 2.68 bits per heavy atom. The van der Waals surface area contributed by atoms with Crippen LogP contribution in [0.2, 0.25) is 0 Å². The van der Waals surface area contributed by atoms with Gasteiger partial charge < -0.3 is 4.74 Å². The first-order valence-electron chi connectivity index (χ1n) is 9.32. The van der Waals surface area contributed by atoms with E-state index < -0.39 is 11.7 Å². The van der Waals surface area contributed by atoms with Crippen LogP contribution in [0, 0.1) is 17.9 Å². The monoisotopic (exact) mass is 484 g/mol. The van der Waals surface area contributed by atoms with Gasteiger partial charge in [-0.1, -0.05) is 25.3 Å². The second-order valence-corrected chi connectivity index (χ2v) is 7.72. The zero-order chi connectivity index (χ0) is 19.3. The molecule has 1 saturated carbocycles. The Morgan fingerprint density at radius 1 is 1.14 bits per heavy atom. The molecule has 0 bridgehead atoms. The normalized spacial score (nSPS) is 21.9. The molecule has 1 fully saturated rings. The van der Waals surface area contributed by atoms with Crippen LogP contribution in [0.15, 0.2) is 48.5 Å². The van der Waals surface area contributed by atoms with Gasteiger partial charge in [-0.3, -0.25) is 0 Å². The maximum Gasteiger partial charge on any atom is 0.416 e. The van der Waals surface area contributed by atoms with E-state index in [-0.39, 0.29) is 49.8 Å². The SMILES string of the molecule is FC(F)(F)c1cccc(OC[C@H]2C(Cl)CC[C@@H]2CCCc2c[c-]ccc2)c1.[Y]. The average molecular weight is 485 g/mol. The van der Waals surface area contributed by atoms with Crippen molar-refractivity contribution >= 4 is 11.6 Å². The molecule has 2 aromatic carbocycles. The third kappa shape index (κ3) is 6.74. The zero-order valence-corrected chi connectivity index (χ0v) is 19.2. The molecule has 1 aliphatic rings. The third-order valence-corrected chi connectivity index (χ3v) is 5.84. The number of aryl methyl sites for hydroxylation is 1. The van der Waals surface area contributed by atoms with Crippen LogP contribution >= 0.6 is 11.6 Å². The Labute approximate surface area is 194 Å². The zero-order valence-electron chi connectivity index (χ0n) is 15.6. The summed E-state index contributed by atoms with van der Waals surface area (Å²) < 4.78 is 44.2. The fourth-order valence-electron chi connectivity index (χ4n) is 3.80. The predicted molar refractivity (Wildman–Crippen MR) is 101 cm³/mol. The number of rotatable bonds is 7. The molecule has 0 heterocycles. The number of hydrogen-bond acceptors (Lipinski definition) is 1. The Kier molecular flexibility index (Phi) is 9.30. The van der Waals surface area contributed by atoms with Gasteiger partial charge in [0.15, 0.2) is 0 Å². The Balaban J connectivity index is 0.00000280.